The van der Waals surface area contributed by atoms with E-state index in [1.807, 2.05) is 6.07 Å². The van der Waals surface area contributed by atoms with Gasteiger partial charge in [0.2, 0.25) is 5.95 Å². The Hall–Kier alpha value is -2.70. The van der Waals surface area contributed by atoms with Gasteiger partial charge in [0, 0.05) is 24.6 Å². The standard InChI is InChI=1S/C14H14N6O/c21-13(17-9-2-1-3-9)12-11-10(4-5-16-11)18-14(19-12)20-7-6-15-8-20/h4-9,16H,1-3H2,(H,17,21). The molecular formula is C14H14N6O. The smallest absolute Gasteiger partial charge is 0.272 e. The number of imidazole rings is 1. The average molecular weight is 282 g/mol. The maximum absolute atomic E-state index is 12.4. The summed E-state index contributed by atoms with van der Waals surface area (Å²) in [5, 5.41) is 3.01. The number of aromatic nitrogens is 5. The third-order valence-corrected chi connectivity index (χ3v) is 3.78. The summed E-state index contributed by atoms with van der Waals surface area (Å²) in [6, 6.07) is 2.10. The average Bonchev–Trinajstić information content (AvgIpc) is 3.11. The lowest BCUT2D eigenvalue weighted by molar-refractivity contribution is 0.0913. The summed E-state index contributed by atoms with van der Waals surface area (Å²) >= 11 is 0. The number of aromatic amines is 1. The van der Waals surface area contributed by atoms with E-state index >= 15 is 0 Å². The van der Waals surface area contributed by atoms with Gasteiger partial charge < -0.3 is 10.3 Å². The molecule has 1 amide bonds. The highest BCUT2D eigenvalue weighted by Gasteiger charge is 2.23. The molecule has 1 aliphatic rings. The molecular weight excluding hydrogens is 268 g/mol. The Morgan fingerprint density at radius 3 is 3.00 bits per heavy atom. The number of nitrogens with zero attached hydrogens (tertiary/aromatic N) is 4. The van der Waals surface area contributed by atoms with Crippen LogP contribution in [0, 0.1) is 0 Å². The molecule has 3 heterocycles. The van der Waals surface area contributed by atoms with Crippen molar-refractivity contribution in [2.75, 3.05) is 0 Å². The molecule has 3 aromatic rings. The van der Waals surface area contributed by atoms with Crippen LogP contribution < -0.4 is 5.32 Å². The van der Waals surface area contributed by atoms with Gasteiger partial charge in [-0.2, -0.15) is 0 Å². The Labute approximate surface area is 120 Å². The maximum Gasteiger partial charge on any atom is 0.272 e. The molecule has 2 N–H and O–H groups in total. The van der Waals surface area contributed by atoms with Gasteiger partial charge in [-0.3, -0.25) is 9.36 Å². The van der Waals surface area contributed by atoms with E-state index in [9.17, 15) is 4.79 Å². The second-order valence-corrected chi connectivity index (χ2v) is 5.18. The van der Waals surface area contributed by atoms with Crippen molar-refractivity contribution in [2.24, 2.45) is 0 Å². The minimum atomic E-state index is -0.157. The number of fused-ring (bicyclic) bond motifs is 1. The lowest BCUT2D eigenvalue weighted by atomic mass is 9.93. The number of hydrogen-bond acceptors (Lipinski definition) is 4. The lowest BCUT2D eigenvalue weighted by Crippen LogP contribution is -2.40. The van der Waals surface area contributed by atoms with Crippen LogP contribution in [0.3, 0.4) is 0 Å². The van der Waals surface area contributed by atoms with Crippen LogP contribution in [0.4, 0.5) is 0 Å². The third kappa shape index (κ3) is 2.06. The Bertz CT molecular complexity index is 787. The van der Waals surface area contributed by atoms with E-state index in [0.717, 1.165) is 12.8 Å². The molecule has 1 aliphatic carbocycles. The summed E-state index contributed by atoms with van der Waals surface area (Å²) in [7, 11) is 0. The van der Waals surface area contributed by atoms with E-state index < -0.39 is 0 Å². The summed E-state index contributed by atoms with van der Waals surface area (Å²) in [5.74, 6) is 0.286. The topological polar surface area (TPSA) is 88.5 Å². The van der Waals surface area contributed by atoms with Gasteiger partial charge in [-0.1, -0.05) is 0 Å². The molecule has 3 aromatic heterocycles. The molecule has 21 heavy (non-hydrogen) atoms. The van der Waals surface area contributed by atoms with Gasteiger partial charge in [0.05, 0.1) is 11.0 Å². The van der Waals surface area contributed by atoms with Gasteiger partial charge in [-0.15, -0.1) is 0 Å². The second kappa shape index (κ2) is 4.69. The minimum Gasteiger partial charge on any atom is -0.358 e. The van der Waals surface area contributed by atoms with Crippen LogP contribution in [0.15, 0.2) is 31.0 Å². The highest BCUT2D eigenvalue weighted by atomic mass is 16.2. The van der Waals surface area contributed by atoms with Gasteiger partial charge in [-0.05, 0) is 25.3 Å². The van der Waals surface area contributed by atoms with Crippen molar-refractivity contribution in [3.05, 3.63) is 36.7 Å². The number of carbonyl (C=O) groups is 1. The monoisotopic (exact) mass is 282 g/mol. The summed E-state index contributed by atoms with van der Waals surface area (Å²) in [6.45, 7) is 0. The zero-order valence-electron chi connectivity index (χ0n) is 11.3. The predicted molar refractivity (Wildman–Crippen MR) is 76.1 cm³/mol. The highest BCUT2D eigenvalue weighted by Crippen LogP contribution is 2.20. The molecule has 4 rings (SSSR count). The summed E-state index contributed by atoms with van der Waals surface area (Å²) in [6.07, 6.45) is 10.0. The molecule has 1 fully saturated rings. The van der Waals surface area contributed by atoms with Crippen LogP contribution in [0.5, 0.6) is 0 Å². The first-order valence-electron chi connectivity index (χ1n) is 6.95. The van der Waals surface area contributed by atoms with Crippen molar-refractivity contribution in [2.45, 2.75) is 25.3 Å². The molecule has 0 unspecified atom stereocenters. The van der Waals surface area contributed by atoms with Gasteiger partial charge >= 0.3 is 0 Å². The van der Waals surface area contributed by atoms with Crippen molar-refractivity contribution in [3.63, 3.8) is 0 Å². The first-order chi connectivity index (χ1) is 10.3. The van der Waals surface area contributed by atoms with Crippen molar-refractivity contribution in [3.8, 4) is 5.95 Å². The Morgan fingerprint density at radius 2 is 2.29 bits per heavy atom. The Kier molecular flexibility index (Phi) is 2.70. The molecule has 0 aromatic carbocycles. The molecule has 7 heteroatoms. The van der Waals surface area contributed by atoms with Gasteiger partial charge in [-0.25, -0.2) is 15.0 Å². The molecule has 7 nitrogen and oxygen atoms in total. The number of hydrogen-bond donors (Lipinski definition) is 2. The molecule has 0 saturated heterocycles. The third-order valence-electron chi connectivity index (χ3n) is 3.78. The Balaban J connectivity index is 1.78. The van der Waals surface area contributed by atoms with Gasteiger partial charge in [0.1, 0.15) is 6.33 Å². The van der Waals surface area contributed by atoms with Crippen LogP contribution in [-0.2, 0) is 0 Å². The van der Waals surface area contributed by atoms with Crippen LogP contribution in [0.2, 0.25) is 0 Å². The fraction of sp³-hybridized carbons (Fsp3) is 0.286. The van der Waals surface area contributed by atoms with Crippen LogP contribution in [-0.4, -0.2) is 36.5 Å². The molecule has 0 spiro atoms. The van der Waals surface area contributed by atoms with E-state index in [1.54, 1.807) is 29.5 Å². The number of rotatable bonds is 3. The second-order valence-electron chi connectivity index (χ2n) is 5.18. The van der Waals surface area contributed by atoms with Crippen molar-refractivity contribution >= 4 is 16.9 Å². The largest absolute Gasteiger partial charge is 0.358 e. The molecule has 0 aliphatic heterocycles. The first-order valence-corrected chi connectivity index (χ1v) is 6.95. The zero-order chi connectivity index (χ0) is 14.2. The highest BCUT2D eigenvalue weighted by molar-refractivity contribution is 6.03. The summed E-state index contributed by atoms with van der Waals surface area (Å²) < 4.78 is 1.69. The fourth-order valence-electron chi connectivity index (χ4n) is 2.40. The minimum absolute atomic E-state index is 0.157. The number of carbonyl (C=O) groups excluding carboxylic acids is 1. The molecule has 0 atom stereocenters. The number of amides is 1. The molecule has 0 bridgehead atoms. The van der Waals surface area contributed by atoms with Crippen molar-refractivity contribution in [1.29, 1.82) is 0 Å². The number of H-pyrrole nitrogens is 1. The predicted octanol–water partition coefficient (Wildman–Crippen LogP) is 1.43. The number of nitrogens with one attached hydrogen (secondary N) is 2. The van der Waals surface area contributed by atoms with Crippen molar-refractivity contribution < 1.29 is 4.79 Å². The molecule has 1 saturated carbocycles. The molecule has 106 valence electrons. The van der Waals surface area contributed by atoms with Gasteiger partial charge in [0.15, 0.2) is 5.69 Å². The van der Waals surface area contributed by atoms with E-state index in [-0.39, 0.29) is 11.9 Å². The summed E-state index contributed by atoms with van der Waals surface area (Å²) in [5.41, 5.74) is 1.75. The van der Waals surface area contributed by atoms with Gasteiger partial charge in [0.25, 0.3) is 5.91 Å². The normalized spacial score (nSPS) is 15.0. The van der Waals surface area contributed by atoms with E-state index in [4.69, 9.17) is 0 Å². The fourth-order valence-corrected chi connectivity index (χ4v) is 2.40. The maximum atomic E-state index is 12.4. The summed E-state index contributed by atoms with van der Waals surface area (Å²) in [4.78, 5) is 28.3. The van der Waals surface area contributed by atoms with Crippen molar-refractivity contribution in [1.82, 2.24) is 29.8 Å². The van der Waals surface area contributed by atoms with Crippen LogP contribution >= 0.6 is 0 Å². The first kappa shape index (κ1) is 12.1. The zero-order valence-corrected chi connectivity index (χ0v) is 11.3. The lowest BCUT2D eigenvalue weighted by Gasteiger charge is -2.26. The van der Waals surface area contributed by atoms with E-state index in [0.29, 0.717) is 22.7 Å². The van der Waals surface area contributed by atoms with Crippen LogP contribution in [0.25, 0.3) is 17.0 Å². The van der Waals surface area contributed by atoms with E-state index in [2.05, 4.69) is 25.3 Å². The quantitative estimate of drug-likeness (QED) is 0.760. The Morgan fingerprint density at radius 1 is 1.38 bits per heavy atom. The molecule has 0 radical (unpaired) electrons. The SMILES string of the molecule is O=C(NC1CCC1)c1nc(-n2ccnc2)nc2cc[nH]c12. The van der Waals surface area contributed by atoms with E-state index in [1.165, 1.54) is 6.42 Å². The van der Waals surface area contributed by atoms with Crippen LogP contribution in [0.1, 0.15) is 29.8 Å².